The predicted octanol–water partition coefficient (Wildman–Crippen LogP) is 4.05. The molecule has 0 radical (unpaired) electrons. The Morgan fingerprint density at radius 3 is 2.68 bits per heavy atom. The molecule has 1 aliphatic rings. The van der Waals surface area contributed by atoms with E-state index < -0.39 is 23.7 Å². The maximum atomic E-state index is 13.1. The van der Waals surface area contributed by atoms with E-state index in [0.717, 1.165) is 12.8 Å². The van der Waals surface area contributed by atoms with Gasteiger partial charge in [-0.1, -0.05) is 31.5 Å². The normalized spacial score (nSPS) is 16.6. The van der Waals surface area contributed by atoms with Crippen molar-refractivity contribution in [2.45, 2.75) is 32.7 Å². The third-order valence-corrected chi connectivity index (χ3v) is 5.35. The van der Waals surface area contributed by atoms with E-state index in [0.29, 0.717) is 22.7 Å². The Morgan fingerprint density at radius 1 is 1.25 bits per heavy atom. The Hall–Kier alpha value is -2.93. The van der Waals surface area contributed by atoms with Crippen LogP contribution >= 0.6 is 11.3 Å². The molecule has 1 atom stereocenters. The van der Waals surface area contributed by atoms with Crippen molar-refractivity contribution in [3.63, 3.8) is 0 Å². The number of benzene rings is 1. The van der Waals surface area contributed by atoms with Gasteiger partial charge in [-0.2, -0.15) is 0 Å². The van der Waals surface area contributed by atoms with Gasteiger partial charge in [0.25, 0.3) is 5.91 Å². The number of aliphatic hydroxyl groups is 1. The van der Waals surface area contributed by atoms with Gasteiger partial charge in [-0.3, -0.25) is 14.4 Å². The van der Waals surface area contributed by atoms with Gasteiger partial charge in [0, 0.05) is 13.5 Å². The lowest BCUT2D eigenvalue weighted by atomic mass is 9.95. The van der Waals surface area contributed by atoms with Crippen LogP contribution in [0.25, 0.3) is 0 Å². The zero-order chi connectivity index (χ0) is 20.3. The van der Waals surface area contributed by atoms with Gasteiger partial charge in [-0.15, -0.1) is 11.3 Å². The van der Waals surface area contributed by atoms with Crippen LogP contribution in [0.1, 0.15) is 48.0 Å². The first-order valence-electron chi connectivity index (χ1n) is 9.04. The number of esters is 1. The summed E-state index contributed by atoms with van der Waals surface area (Å²) >= 11 is 1.26. The third kappa shape index (κ3) is 3.84. The number of nitrogens with zero attached hydrogens (tertiary/aromatic N) is 1. The molecule has 1 amide bonds. The first-order chi connectivity index (χ1) is 13.4. The van der Waals surface area contributed by atoms with Crippen LogP contribution in [0.2, 0.25) is 0 Å². The summed E-state index contributed by atoms with van der Waals surface area (Å²) in [6.45, 7) is 3.71. The van der Waals surface area contributed by atoms with Gasteiger partial charge >= 0.3 is 5.97 Å². The Balaban J connectivity index is 2.07. The molecule has 1 N–H and O–H groups in total. The standard InChI is InChI=1S/C21H21NO5S/c1-3-4-10-22-18(14-7-5-8-15(12-14)27-13(2)23)17(20(25)21(22)26)19(24)16-9-6-11-28-16/h5-9,11-12,18,25H,3-4,10H2,1-2H3. The van der Waals surface area contributed by atoms with Crippen LogP contribution in [0.5, 0.6) is 5.75 Å². The van der Waals surface area contributed by atoms with Gasteiger partial charge in [0.1, 0.15) is 5.75 Å². The molecule has 1 aliphatic heterocycles. The fraction of sp³-hybridized carbons (Fsp3) is 0.286. The van der Waals surface area contributed by atoms with Crippen LogP contribution in [0.4, 0.5) is 0 Å². The second-order valence-corrected chi connectivity index (χ2v) is 7.44. The largest absolute Gasteiger partial charge is 0.503 e. The van der Waals surface area contributed by atoms with Crippen LogP contribution in [0.15, 0.2) is 53.1 Å². The summed E-state index contributed by atoms with van der Waals surface area (Å²) in [5.74, 6) is -1.59. The van der Waals surface area contributed by atoms with Gasteiger partial charge in [-0.05, 0) is 35.6 Å². The first kappa shape index (κ1) is 19.8. The molecule has 0 saturated carbocycles. The molecular weight excluding hydrogens is 378 g/mol. The van der Waals surface area contributed by atoms with Gasteiger partial charge in [0.2, 0.25) is 5.78 Å². The highest BCUT2D eigenvalue weighted by Crippen LogP contribution is 2.40. The molecule has 7 heteroatoms. The summed E-state index contributed by atoms with van der Waals surface area (Å²) in [7, 11) is 0. The molecule has 1 aromatic heterocycles. The molecule has 146 valence electrons. The zero-order valence-corrected chi connectivity index (χ0v) is 16.5. The van der Waals surface area contributed by atoms with Crippen molar-refractivity contribution in [2.75, 3.05) is 6.54 Å². The highest BCUT2D eigenvalue weighted by atomic mass is 32.1. The second kappa shape index (κ2) is 8.39. The highest BCUT2D eigenvalue weighted by Gasteiger charge is 2.43. The van der Waals surface area contributed by atoms with Crippen molar-refractivity contribution in [1.82, 2.24) is 4.90 Å². The molecule has 2 aromatic rings. The summed E-state index contributed by atoms with van der Waals surface area (Å²) in [6, 6.07) is 9.38. The molecule has 28 heavy (non-hydrogen) atoms. The van der Waals surface area contributed by atoms with Crippen LogP contribution in [-0.4, -0.2) is 34.2 Å². The summed E-state index contributed by atoms with van der Waals surface area (Å²) in [6.07, 6.45) is 1.60. The fourth-order valence-corrected chi connectivity index (χ4v) is 3.92. The van der Waals surface area contributed by atoms with E-state index in [1.165, 1.54) is 23.2 Å². The lowest BCUT2D eigenvalue weighted by molar-refractivity contribution is -0.132. The van der Waals surface area contributed by atoms with Gasteiger partial charge < -0.3 is 14.7 Å². The second-order valence-electron chi connectivity index (χ2n) is 6.49. The van der Waals surface area contributed by atoms with Crippen molar-refractivity contribution in [3.05, 3.63) is 63.6 Å². The van der Waals surface area contributed by atoms with Gasteiger partial charge in [0.15, 0.2) is 5.76 Å². The maximum Gasteiger partial charge on any atom is 0.308 e. The van der Waals surface area contributed by atoms with E-state index in [-0.39, 0.29) is 11.4 Å². The number of rotatable bonds is 7. The first-order valence-corrected chi connectivity index (χ1v) is 9.92. The molecule has 0 fully saturated rings. The number of Topliss-reactive ketones (excluding diaryl/α,β-unsaturated/α-hetero) is 1. The van der Waals surface area contributed by atoms with E-state index in [9.17, 15) is 19.5 Å². The summed E-state index contributed by atoms with van der Waals surface area (Å²) in [4.78, 5) is 39.0. The van der Waals surface area contributed by atoms with Gasteiger partial charge in [0.05, 0.1) is 16.5 Å². The molecule has 1 unspecified atom stereocenters. The molecule has 0 spiro atoms. The third-order valence-electron chi connectivity index (χ3n) is 4.48. The lowest BCUT2D eigenvalue weighted by Gasteiger charge is -2.27. The topological polar surface area (TPSA) is 83.9 Å². The number of hydrogen-bond acceptors (Lipinski definition) is 6. The molecular formula is C21H21NO5S. The Bertz CT molecular complexity index is 932. The molecule has 3 rings (SSSR count). The molecule has 6 nitrogen and oxygen atoms in total. The quantitative estimate of drug-likeness (QED) is 0.431. The Morgan fingerprint density at radius 2 is 2.04 bits per heavy atom. The van der Waals surface area contributed by atoms with Gasteiger partial charge in [-0.25, -0.2) is 0 Å². The lowest BCUT2D eigenvalue weighted by Crippen LogP contribution is -2.32. The van der Waals surface area contributed by atoms with E-state index in [1.807, 2.05) is 6.92 Å². The smallest absolute Gasteiger partial charge is 0.308 e. The fourth-order valence-electron chi connectivity index (χ4n) is 3.25. The number of ketones is 1. The van der Waals surface area contributed by atoms with Crippen molar-refractivity contribution in [1.29, 1.82) is 0 Å². The molecule has 0 aliphatic carbocycles. The van der Waals surface area contributed by atoms with Crippen molar-refractivity contribution >= 4 is 29.0 Å². The average molecular weight is 399 g/mol. The monoisotopic (exact) mass is 399 g/mol. The van der Waals surface area contributed by atoms with Crippen LogP contribution in [0.3, 0.4) is 0 Å². The minimum atomic E-state index is -0.732. The number of unbranched alkanes of at least 4 members (excludes halogenated alkanes) is 1. The SMILES string of the molecule is CCCCN1C(=O)C(O)=C(C(=O)c2cccs2)C1c1cccc(OC(C)=O)c1. The Kier molecular flexibility index (Phi) is 5.94. The number of carbonyl (C=O) groups is 3. The van der Waals surface area contributed by atoms with Crippen molar-refractivity contribution < 1.29 is 24.2 Å². The summed E-state index contributed by atoms with van der Waals surface area (Å²) < 4.78 is 5.15. The van der Waals surface area contributed by atoms with Crippen LogP contribution in [0, 0.1) is 0 Å². The van der Waals surface area contributed by atoms with Crippen LogP contribution < -0.4 is 4.74 Å². The minimum absolute atomic E-state index is 0.0588. The summed E-state index contributed by atoms with van der Waals surface area (Å²) in [5.41, 5.74) is 0.663. The number of aliphatic hydroxyl groups excluding tert-OH is 1. The van der Waals surface area contributed by atoms with Crippen molar-refractivity contribution in [2.24, 2.45) is 0 Å². The van der Waals surface area contributed by atoms with Crippen molar-refractivity contribution in [3.8, 4) is 5.75 Å². The average Bonchev–Trinajstić information content (AvgIpc) is 3.28. The van der Waals surface area contributed by atoms with E-state index in [2.05, 4.69) is 0 Å². The predicted molar refractivity (Wildman–Crippen MR) is 105 cm³/mol. The summed E-state index contributed by atoms with van der Waals surface area (Å²) in [5, 5.41) is 12.3. The molecule has 2 heterocycles. The van der Waals surface area contributed by atoms with E-state index in [1.54, 1.807) is 41.8 Å². The number of hydrogen-bond donors (Lipinski definition) is 1. The number of carbonyl (C=O) groups excluding carboxylic acids is 3. The molecule has 0 bridgehead atoms. The zero-order valence-electron chi connectivity index (χ0n) is 15.7. The van der Waals surface area contributed by atoms with Crippen LogP contribution in [-0.2, 0) is 9.59 Å². The number of thiophene rings is 1. The number of amides is 1. The minimum Gasteiger partial charge on any atom is -0.503 e. The van der Waals surface area contributed by atoms with E-state index in [4.69, 9.17) is 4.74 Å². The Labute approximate surface area is 167 Å². The molecule has 0 saturated heterocycles. The highest BCUT2D eigenvalue weighted by molar-refractivity contribution is 7.12. The number of ether oxygens (including phenoxy) is 1. The van der Waals surface area contributed by atoms with E-state index >= 15 is 0 Å². The molecule has 1 aromatic carbocycles. The maximum absolute atomic E-state index is 13.1.